The van der Waals surface area contributed by atoms with Crippen LogP contribution in [0.1, 0.15) is 0 Å². The molecule has 3 aromatic rings. The van der Waals surface area contributed by atoms with Crippen LogP contribution in [0.15, 0.2) is 64.2 Å². The Balaban J connectivity index is 2.15. The van der Waals surface area contributed by atoms with Crippen LogP contribution in [0, 0.1) is 5.82 Å². The predicted octanol–water partition coefficient (Wildman–Crippen LogP) is 4.44. The lowest BCUT2D eigenvalue weighted by Gasteiger charge is -2.01. The first kappa shape index (κ1) is 12.0. The standard InChI is InChI=1S/C15H10FNOS/c16-12-8-6-11(7-9-12)14-13(17-15(19)18-14)10-4-2-1-3-5-10/h1-9H,(H,17,19). The lowest BCUT2D eigenvalue weighted by molar-refractivity contribution is 0.468. The SMILES string of the molecule is Fc1ccc(-c2oc(S)nc2-c2ccccc2)cc1. The Morgan fingerprint density at radius 2 is 1.58 bits per heavy atom. The Morgan fingerprint density at radius 1 is 0.895 bits per heavy atom. The van der Waals surface area contributed by atoms with Crippen molar-refractivity contribution in [1.29, 1.82) is 0 Å². The molecule has 19 heavy (non-hydrogen) atoms. The van der Waals surface area contributed by atoms with Gasteiger partial charge in [-0.25, -0.2) is 9.37 Å². The summed E-state index contributed by atoms with van der Waals surface area (Å²) in [7, 11) is 0. The third-order valence-corrected chi connectivity index (χ3v) is 2.96. The Bertz CT molecular complexity index is 692. The minimum atomic E-state index is -0.282. The average molecular weight is 271 g/mol. The first-order chi connectivity index (χ1) is 9.24. The zero-order valence-corrected chi connectivity index (χ0v) is 10.8. The molecule has 0 saturated heterocycles. The maximum Gasteiger partial charge on any atom is 0.253 e. The van der Waals surface area contributed by atoms with E-state index in [-0.39, 0.29) is 11.0 Å². The van der Waals surface area contributed by atoms with Gasteiger partial charge < -0.3 is 4.42 Å². The summed E-state index contributed by atoms with van der Waals surface area (Å²) in [6.45, 7) is 0. The number of thiol groups is 1. The van der Waals surface area contributed by atoms with Crippen LogP contribution in [-0.2, 0) is 0 Å². The van der Waals surface area contributed by atoms with Crippen LogP contribution in [0.2, 0.25) is 0 Å². The van der Waals surface area contributed by atoms with Gasteiger partial charge in [0.1, 0.15) is 11.5 Å². The van der Waals surface area contributed by atoms with Gasteiger partial charge in [0, 0.05) is 11.1 Å². The number of nitrogens with zero attached hydrogens (tertiary/aromatic N) is 1. The number of hydrogen-bond donors (Lipinski definition) is 1. The van der Waals surface area contributed by atoms with Crippen LogP contribution in [-0.4, -0.2) is 4.98 Å². The van der Waals surface area contributed by atoms with Crippen LogP contribution in [0.3, 0.4) is 0 Å². The van der Waals surface area contributed by atoms with Gasteiger partial charge in [-0.05, 0) is 24.3 Å². The Labute approximate surface area is 115 Å². The van der Waals surface area contributed by atoms with Gasteiger partial charge in [-0.3, -0.25) is 0 Å². The second-order valence-electron chi connectivity index (χ2n) is 4.05. The highest BCUT2D eigenvalue weighted by molar-refractivity contribution is 7.80. The molecule has 0 N–H and O–H groups in total. The largest absolute Gasteiger partial charge is 0.431 e. The number of oxazole rings is 1. The fraction of sp³-hybridized carbons (Fsp3) is 0. The van der Waals surface area contributed by atoms with Gasteiger partial charge >= 0.3 is 0 Å². The van der Waals surface area contributed by atoms with Gasteiger partial charge in [-0.15, -0.1) is 0 Å². The summed E-state index contributed by atoms with van der Waals surface area (Å²) < 4.78 is 18.5. The number of rotatable bonds is 2. The van der Waals surface area contributed by atoms with Gasteiger partial charge in [-0.1, -0.05) is 43.0 Å². The van der Waals surface area contributed by atoms with E-state index in [0.717, 1.165) is 11.1 Å². The maximum atomic E-state index is 13.0. The van der Waals surface area contributed by atoms with E-state index < -0.39 is 0 Å². The summed E-state index contributed by atoms with van der Waals surface area (Å²) in [6, 6.07) is 15.8. The summed E-state index contributed by atoms with van der Waals surface area (Å²) in [5.74, 6) is 0.312. The Kier molecular flexibility index (Phi) is 3.09. The summed E-state index contributed by atoms with van der Waals surface area (Å²) in [5.41, 5.74) is 2.41. The molecule has 0 aliphatic heterocycles. The molecule has 0 radical (unpaired) electrons. The Morgan fingerprint density at radius 3 is 2.26 bits per heavy atom. The smallest absolute Gasteiger partial charge is 0.253 e. The molecule has 94 valence electrons. The molecule has 0 bridgehead atoms. The molecule has 3 rings (SSSR count). The molecule has 2 nitrogen and oxygen atoms in total. The van der Waals surface area contributed by atoms with Crippen LogP contribution in [0.5, 0.6) is 0 Å². The van der Waals surface area contributed by atoms with Gasteiger partial charge in [0.2, 0.25) is 0 Å². The van der Waals surface area contributed by atoms with Crippen molar-refractivity contribution in [3.05, 3.63) is 60.4 Å². The van der Waals surface area contributed by atoms with Crippen molar-refractivity contribution in [1.82, 2.24) is 4.98 Å². The number of hydrogen-bond acceptors (Lipinski definition) is 3. The lowest BCUT2D eigenvalue weighted by Crippen LogP contribution is -1.82. The minimum absolute atomic E-state index is 0.282. The lowest BCUT2D eigenvalue weighted by atomic mass is 10.1. The quantitative estimate of drug-likeness (QED) is 0.697. The molecular formula is C15H10FNOS. The second kappa shape index (κ2) is 4.90. The van der Waals surface area contributed by atoms with Crippen molar-refractivity contribution < 1.29 is 8.81 Å². The Hall–Kier alpha value is -2.07. The van der Waals surface area contributed by atoms with E-state index >= 15 is 0 Å². The summed E-state index contributed by atoms with van der Waals surface area (Å²) in [4.78, 5) is 4.28. The van der Waals surface area contributed by atoms with Crippen LogP contribution in [0.25, 0.3) is 22.6 Å². The minimum Gasteiger partial charge on any atom is -0.431 e. The van der Waals surface area contributed by atoms with E-state index in [9.17, 15) is 4.39 Å². The molecule has 1 aromatic heterocycles. The molecule has 0 aliphatic rings. The van der Waals surface area contributed by atoms with E-state index in [2.05, 4.69) is 17.6 Å². The van der Waals surface area contributed by atoms with Crippen molar-refractivity contribution in [2.45, 2.75) is 5.22 Å². The zero-order chi connectivity index (χ0) is 13.2. The van der Waals surface area contributed by atoms with E-state index in [1.807, 2.05) is 30.3 Å². The predicted molar refractivity (Wildman–Crippen MR) is 74.6 cm³/mol. The normalized spacial score (nSPS) is 10.6. The van der Waals surface area contributed by atoms with Crippen molar-refractivity contribution in [2.24, 2.45) is 0 Å². The molecule has 0 amide bonds. The third-order valence-electron chi connectivity index (χ3n) is 2.77. The molecule has 0 atom stereocenters. The third kappa shape index (κ3) is 2.39. The van der Waals surface area contributed by atoms with E-state index in [0.29, 0.717) is 11.5 Å². The average Bonchev–Trinajstić information content (AvgIpc) is 2.83. The molecular weight excluding hydrogens is 261 g/mol. The van der Waals surface area contributed by atoms with E-state index in [1.165, 1.54) is 12.1 Å². The molecule has 2 aromatic carbocycles. The van der Waals surface area contributed by atoms with Gasteiger partial charge in [0.25, 0.3) is 5.22 Å². The molecule has 1 heterocycles. The molecule has 0 saturated carbocycles. The van der Waals surface area contributed by atoms with Crippen LogP contribution < -0.4 is 0 Å². The topological polar surface area (TPSA) is 26.0 Å². The monoisotopic (exact) mass is 271 g/mol. The number of aromatic nitrogens is 1. The van der Waals surface area contributed by atoms with E-state index in [1.54, 1.807) is 12.1 Å². The van der Waals surface area contributed by atoms with Gasteiger partial charge in [-0.2, -0.15) is 0 Å². The first-order valence-corrected chi connectivity index (χ1v) is 6.20. The molecule has 0 unspecified atom stereocenters. The van der Waals surface area contributed by atoms with Crippen LogP contribution >= 0.6 is 12.6 Å². The van der Waals surface area contributed by atoms with Gasteiger partial charge in [0.15, 0.2) is 5.76 Å². The van der Waals surface area contributed by atoms with Crippen molar-refractivity contribution in [2.75, 3.05) is 0 Å². The first-order valence-electron chi connectivity index (χ1n) is 5.75. The summed E-state index contributed by atoms with van der Waals surface area (Å²) in [6.07, 6.45) is 0. The second-order valence-corrected chi connectivity index (χ2v) is 4.43. The highest BCUT2D eigenvalue weighted by Crippen LogP contribution is 2.33. The van der Waals surface area contributed by atoms with E-state index in [4.69, 9.17) is 4.42 Å². The number of halogens is 1. The zero-order valence-electron chi connectivity index (χ0n) is 9.88. The molecule has 0 aliphatic carbocycles. The maximum absolute atomic E-state index is 13.0. The molecule has 0 spiro atoms. The fourth-order valence-corrected chi connectivity index (χ4v) is 2.09. The highest BCUT2D eigenvalue weighted by atomic mass is 32.1. The number of benzene rings is 2. The fourth-order valence-electron chi connectivity index (χ4n) is 1.90. The molecule has 0 fully saturated rings. The van der Waals surface area contributed by atoms with Crippen molar-refractivity contribution in [3.63, 3.8) is 0 Å². The van der Waals surface area contributed by atoms with Gasteiger partial charge in [0.05, 0.1) is 0 Å². The van der Waals surface area contributed by atoms with Crippen LogP contribution in [0.4, 0.5) is 4.39 Å². The van der Waals surface area contributed by atoms with Crippen molar-refractivity contribution >= 4 is 12.6 Å². The summed E-state index contributed by atoms with van der Waals surface area (Å²) in [5, 5.41) is 0.290. The molecule has 4 heteroatoms. The summed E-state index contributed by atoms with van der Waals surface area (Å²) >= 11 is 4.14. The highest BCUT2D eigenvalue weighted by Gasteiger charge is 2.15. The van der Waals surface area contributed by atoms with Crippen molar-refractivity contribution in [3.8, 4) is 22.6 Å².